The summed E-state index contributed by atoms with van der Waals surface area (Å²) in [6.45, 7) is 3.44. The fourth-order valence-electron chi connectivity index (χ4n) is 2.13. The first-order valence-corrected chi connectivity index (χ1v) is 7.16. The maximum absolute atomic E-state index is 12.1. The lowest BCUT2D eigenvalue weighted by Crippen LogP contribution is -2.13. The Hall–Kier alpha value is -2.89. The van der Waals surface area contributed by atoms with Gasteiger partial charge >= 0.3 is 0 Å². The van der Waals surface area contributed by atoms with E-state index in [0.29, 0.717) is 12.2 Å². The number of aryl methyl sites for hydroxylation is 1. The Balaban J connectivity index is 1.64. The number of aromatic nitrogens is 4. The highest BCUT2D eigenvalue weighted by atomic mass is 16.1. The van der Waals surface area contributed by atoms with Gasteiger partial charge in [-0.25, -0.2) is 0 Å². The Morgan fingerprint density at radius 1 is 1.14 bits per heavy atom. The highest BCUT2D eigenvalue weighted by molar-refractivity contribution is 6.02. The number of carbonyl (C=O) groups excluding carboxylic acids is 1. The molecule has 0 aliphatic rings. The van der Waals surface area contributed by atoms with Gasteiger partial charge in [-0.15, -0.1) is 0 Å². The lowest BCUT2D eigenvalue weighted by atomic mass is 10.2. The van der Waals surface area contributed by atoms with E-state index in [0.717, 1.165) is 17.8 Å². The van der Waals surface area contributed by atoms with Crippen LogP contribution in [0.5, 0.6) is 0 Å². The van der Waals surface area contributed by atoms with Crippen LogP contribution in [0.3, 0.4) is 0 Å². The molecule has 22 heavy (non-hydrogen) atoms. The maximum atomic E-state index is 12.1. The first kappa shape index (κ1) is 14.1. The molecule has 0 bridgehead atoms. The normalized spacial score (nSPS) is 10.6. The van der Waals surface area contributed by atoms with Crippen molar-refractivity contribution < 1.29 is 4.79 Å². The van der Waals surface area contributed by atoms with Crippen LogP contribution in [0.1, 0.15) is 23.0 Å². The molecule has 0 atom stereocenters. The standard InChI is InChI=1S/C16H17N5O/c1-2-20-11-8-15(19-20)16(22)18-14-6-4-13(5-7-14)12-21-10-3-9-17-21/h3-11H,2,12H2,1H3,(H,18,22). The Labute approximate surface area is 128 Å². The first-order chi connectivity index (χ1) is 10.7. The average molecular weight is 295 g/mol. The summed E-state index contributed by atoms with van der Waals surface area (Å²) < 4.78 is 3.58. The van der Waals surface area contributed by atoms with Crippen LogP contribution in [-0.4, -0.2) is 25.5 Å². The SMILES string of the molecule is CCn1ccc(C(=O)Nc2ccc(Cn3cccn3)cc2)n1. The third-order valence-corrected chi connectivity index (χ3v) is 3.31. The summed E-state index contributed by atoms with van der Waals surface area (Å²) in [4.78, 5) is 12.1. The second-order valence-corrected chi connectivity index (χ2v) is 4.91. The number of hydrogen-bond acceptors (Lipinski definition) is 3. The Morgan fingerprint density at radius 2 is 1.95 bits per heavy atom. The Morgan fingerprint density at radius 3 is 2.59 bits per heavy atom. The van der Waals surface area contributed by atoms with Gasteiger partial charge in [0.05, 0.1) is 6.54 Å². The first-order valence-electron chi connectivity index (χ1n) is 7.16. The predicted octanol–water partition coefficient (Wildman–Crippen LogP) is 2.40. The molecule has 1 aromatic carbocycles. The van der Waals surface area contributed by atoms with Gasteiger partial charge < -0.3 is 5.32 Å². The highest BCUT2D eigenvalue weighted by Crippen LogP contribution is 2.12. The largest absolute Gasteiger partial charge is 0.321 e. The van der Waals surface area contributed by atoms with Crippen molar-refractivity contribution >= 4 is 11.6 Å². The van der Waals surface area contributed by atoms with Crippen LogP contribution in [0.15, 0.2) is 55.0 Å². The number of anilines is 1. The summed E-state index contributed by atoms with van der Waals surface area (Å²) in [6.07, 6.45) is 5.46. The van der Waals surface area contributed by atoms with Gasteiger partial charge in [-0.2, -0.15) is 10.2 Å². The summed E-state index contributed by atoms with van der Waals surface area (Å²) in [5, 5.41) is 11.2. The fraction of sp³-hybridized carbons (Fsp3) is 0.188. The molecule has 0 radical (unpaired) electrons. The van der Waals surface area contributed by atoms with Crippen molar-refractivity contribution in [3.63, 3.8) is 0 Å². The van der Waals surface area contributed by atoms with Crippen molar-refractivity contribution in [3.8, 4) is 0 Å². The summed E-state index contributed by atoms with van der Waals surface area (Å²) in [6, 6.07) is 11.3. The van der Waals surface area contributed by atoms with E-state index in [-0.39, 0.29) is 5.91 Å². The van der Waals surface area contributed by atoms with Crippen molar-refractivity contribution in [2.45, 2.75) is 20.0 Å². The predicted molar refractivity (Wildman–Crippen MR) is 83.6 cm³/mol. The molecule has 6 heteroatoms. The third-order valence-electron chi connectivity index (χ3n) is 3.31. The molecule has 1 N–H and O–H groups in total. The maximum Gasteiger partial charge on any atom is 0.276 e. The van der Waals surface area contributed by atoms with E-state index in [9.17, 15) is 4.79 Å². The summed E-state index contributed by atoms with van der Waals surface area (Å²) in [5.74, 6) is -0.202. The van der Waals surface area contributed by atoms with Crippen LogP contribution >= 0.6 is 0 Å². The van der Waals surface area contributed by atoms with E-state index in [2.05, 4.69) is 15.5 Å². The number of hydrogen-bond donors (Lipinski definition) is 1. The zero-order valence-electron chi connectivity index (χ0n) is 12.3. The van der Waals surface area contributed by atoms with Crippen LogP contribution in [0.25, 0.3) is 0 Å². The number of rotatable bonds is 5. The molecule has 2 aromatic heterocycles. The topological polar surface area (TPSA) is 64.7 Å². The molecule has 0 aliphatic heterocycles. The summed E-state index contributed by atoms with van der Waals surface area (Å²) in [7, 11) is 0. The monoisotopic (exact) mass is 295 g/mol. The fourth-order valence-corrected chi connectivity index (χ4v) is 2.13. The van der Waals surface area contributed by atoms with Gasteiger partial charge in [-0.05, 0) is 36.8 Å². The van der Waals surface area contributed by atoms with Crippen LogP contribution in [0.2, 0.25) is 0 Å². The van der Waals surface area contributed by atoms with Crippen LogP contribution in [0.4, 0.5) is 5.69 Å². The van der Waals surface area contributed by atoms with E-state index >= 15 is 0 Å². The number of amides is 1. The average Bonchev–Trinajstić information content (AvgIpc) is 3.20. The van der Waals surface area contributed by atoms with Gasteiger partial charge in [-0.3, -0.25) is 14.2 Å². The summed E-state index contributed by atoms with van der Waals surface area (Å²) in [5.41, 5.74) is 2.29. The minimum Gasteiger partial charge on any atom is -0.321 e. The smallest absolute Gasteiger partial charge is 0.276 e. The van der Waals surface area contributed by atoms with Gasteiger partial charge in [-0.1, -0.05) is 12.1 Å². The zero-order chi connectivity index (χ0) is 15.4. The minimum absolute atomic E-state index is 0.202. The minimum atomic E-state index is -0.202. The van der Waals surface area contributed by atoms with Gasteiger partial charge in [0.2, 0.25) is 0 Å². The Bertz CT molecular complexity index is 743. The molecule has 2 heterocycles. The summed E-state index contributed by atoms with van der Waals surface area (Å²) >= 11 is 0. The van der Waals surface area contributed by atoms with E-state index in [4.69, 9.17) is 0 Å². The molecule has 0 spiro atoms. The van der Waals surface area contributed by atoms with Crippen molar-refractivity contribution in [2.75, 3.05) is 5.32 Å². The molecule has 0 unspecified atom stereocenters. The number of benzene rings is 1. The van der Waals surface area contributed by atoms with E-state index in [1.807, 2.05) is 48.1 Å². The number of carbonyl (C=O) groups is 1. The third kappa shape index (κ3) is 3.22. The second kappa shape index (κ2) is 6.26. The van der Waals surface area contributed by atoms with Gasteiger partial charge in [0.25, 0.3) is 5.91 Å². The number of nitrogens with zero attached hydrogens (tertiary/aromatic N) is 4. The molecule has 3 aromatic rings. The molecule has 1 amide bonds. The Kier molecular flexibility index (Phi) is 4.00. The van der Waals surface area contributed by atoms with Crippen LogP contribution in [-0.2, 0) is 13.1 Å². The molecular formula is C16H17N5O. The van der Waals surface area contributed by atoms with E-state index in [1.165, 1.54) is 0 Å². The van der Waals surface area contributed by atoms with E-state index in [1.54, 1.807) is 23.1 Å². The molecule has 0 saturated heterocycles. The van der Waals surface area contributed by atoms with Crippen molar-refractivity contribution in [1.82, 2.24) is 19.6 Å². The molecule has 112 valence electrons. The highest BCUT2D eigenvalue weighted by Gasteiger charge is 2.09. The van der Waals surface area contributed by atoms with Gasteiger partial charge in [0.15, 0.2) is 5.69 Å². The lowest BCUT2D eigenvalue weighted by molar-refractivity contribution is 0.102. The van der Waals surface area contributed by atoms with Gasteiger partial charge in [0.1, 0.15) is 0 Å². The molecule has 3 rings (SSSR count). The zero-order valence-corrected chi connectivity index (χ0v) is 12.3. The quantitative estimate of drug-likeness (QED) is 0.786. The van der Waals surface area contributed by atoms with Crippen molar-refractivity contribution in [3.05, 3.63) is 66.2 Å². The molecule has 0 aliphatic carbocycles. The van der Waals surface area contributed by atoms with Crippen molar-refractivity contribution in [2.24, 2.45) is 0 Å². The molecular weight excluding hydrogens is 278 g/mol. The number of nitrogens with one attached hydrogen (secondary N) is 1. The van der Waals surface area contributed by atoms with Crippen molar-refractivity contribution in [1.29, 1.82) is 0 Å². The van der Waals surface area contributed by atoms with Gasteiger partial charge in [0, 0.05) is 30.8 Å². The molecule has 0 fully saturated rings. The molecule has 0 saturated carbocycles. The lowest BCUT2D eigenvalue weighted by Gasteiger charge is -2.06. The second-order valence-electron chi connectivity index (χ2n) is 4.91. The molecule has 6 nitrogen and oxygen atoms in total. The van der Waals surface area contributed by atoms with Crippen LogP contribution in [0, 0.1) is 0 Å². The van der Waals surface area contributed by atoms with Crippen LogP contribution < -0.4 is 5.32 Å². The van der Waals surface area contributed by atoms with E-state index < -0.39 is 0 Å².